The molecule has 1 aliphatic rings. The van der Waals surface area contributed by atoms with E-state index >= 15 is 0 Å². The highest BCUT2D eigenvalue weighted by atomic mass is 35.5. The van der Waals surface area contributed by atoms with Gasteiger partial charge in [0.15, 0.2) is 0 Å². The zero-order chi connectivity index (χ0) is 24.6. The molecule has 34 heavy (non-hydrogen) atoms. The molecule has 3 aromatic rings. The molecule has 1 aromatic heterocycles. The van der Waals surface area contributed by atoms with E-state index in [4.69, 9.17) is 25.5 Å². The standard InChI is InChI=1S/C26H24ClNO6/c1-14-7-8-15(2)16(10-14)13-28-23(19-6-5-9-34-19)22(25(30)26(28)31)24(29)17-11-21(33-4)18(27)12-20(17)32-3/h5-12,23,29H,13H2,1-4H3/b24-22+. The van der Waals surface area contributed by atoms with E-state index < -0.39 is 23.5 Å². The first-order valence-electron chi connectivity index (χ1n) is 10.6. The van der Waals surface area contributed by atoms with Crippen LogP contribution in [-0.2, 0) is 16.1 Å². The van der Waals surface area contributed by atoms with Crippen molar-refractivity contribution in [3.05, 3.63) is 87.3 Å². The zero-order valence-electron chi connectivity index (χ0n) is 19.2. The third kappa shape index (κ3) is 4.03. The Labute approximate surface area is 202 Å². The minimum absolute atomic E-state index is 0.104. The third-order valence-electron chi connectivity index (χ3n) is 5.93. The molecule has 176 valence electrons. The van der Waals surface area contributed by atoms with Crippen LogP contribution in [0.2, 0.25) is 5.02 Å². The number of halogens is 1. The van der Waals surface area contributed by atoms with Crippen molar-refractivity contribution >= 4 is 29.1 Å². The first-order chi connectivity index (χ1) is 16.3. The summed E-state index contributed by atoms with van der Waals surface area (Å²) in [5, 5.41) is 11.6. The topological polar surface area (TPSA) is 89.2 Å². The van der Waals surface area contributed by atoms with Crippen molar-refractivity contribution in [2.75, 3.05) is 14.2 Å². The molecule has 0 radical (unpaired) electrons. The van der Waals surface area contributed by atoms with Gasteiger partial charge in [0.1, 0.15) is 29.1 Å². The van der Waals surface area contributed by atoms with E-state index in [1.165, 1.54) is 37.5 Å². The van der Waals surface area contributed by atoms with E-state index in [1.54, 1.807) is 12.1 Å². The molecular weight excluding hydrogens is 458 g/mol. The quantitative estimate of drug-likeness (QED) is 0.296. The normalized spacial score (nSPS) is 17.3. The van der Waals surface area contributed by atoms with E-state index in [-0.39, 0.29) is 34.2 Å². The number of furan rings is 1. The van der Waals surface area contributed by atoms with Crippen molar-refractivity contribution in [3.8, 4) is 11.5 Å². The summed E-state index contributed by atoms with van der Waals surface area (Å²) in [6, 6.07) is 11.3. The summed E-state index contributed by atoms with van der Waals surface area (Å²) in [5.41, 5.74) is 2.97. The Morgan fingerprint density at radius 2 is 1.82 bits per heavy atom. The lowest BCUT2D eigenvalue weighted by Gasteiger charge is -2.24. The Morgan fingerprint density at radius 3 is 2.47 bits per heavy atom. The van der Waals surface area contributed by atoms with Gasteiger partial charge in [-0.15, -0.1) is 0 Å². The predicted molar refractivity (Wildman–Crippen MR) is 127 cm³/mol. The number of hydrogen-bond donors (Lipinski definition) is 1. The molecule has 2 heterocycles. The fourth-order valence-electron chi connectivity index (χ4n) is 4.13. The van der Waals surface area contributed by atoms with E-state index in [2.05, 4.69) is 0 Å². The average molecular weight is 482 g/mol. The fourth-order valence-corrected chi connectivity index (χ4v) is 4.36. The Morgan fingerprint density at radius 1 is 1.09 bits per heavy atom. The number of nitrogens with zero attached hydrogens (tertiary/aromatic N) is 1. The van der Waals surface area contributed by atoms with Gasteiger partial charge in [-0.3, -0.25) is 9.59 Å². The van der Waals surface area contributed by atoms with Gasteiger partial charge in [0.2, 0.25) is 0 Å². The maximum absolute atomic E-state index is 13.3. The van der Waals surface area contributed by atoms with Crippen molar-refractivity contribution in [3.63, 3.8) is 0 Å². The van der Waals surface area contributed by atoms with Crippen LogP contribution in [-0.4, -0.2) is 35.9 Å². The minimum Gasteiger partial charge on any atom is -0.507 e. The monoisotopic (exact) mass is 481 g/mol. The molecule has 2 aromatic carbocycles. The number of Topliss-reactive ketones (excluding diaryl/α,β-unsaturated/α-hetero) is 1. The van der Waals surface area contributed by atoms with Crippen molar-refractivity contribution in [1.29, 1.82) is 0 Å². The summed E-state index contributed by atoms with van der Waals surface area (Å²) in [7, 11) is 2.85. The molecule has 0 spiro atoms. The van der Waals surface area contributed by atoms with E-state index in [0.717, 1.165) is 16.7 Å². The lowest BCUT2D eigenvalue weighted by molar-refractivity contribution is -0.140. The van der Waals surface area contributed by atoms with E-state index in [0.29, 0.717) is 5.76 Å². The van der Waals surface area contributed by atoms with Gasteiger partial charge in [0, 0.05) is 12.6 Å². The Kier molecular flexibility index (Phi) is 6.39. The number of hydrogen-bond acceptors (Lipinski definition) is 6. The molecule has 0 aliphatic carbocycles. The number of aryl methyl sites for hydroxylation is 2. The number of ketones is 1. The first kappa shape index (κ1) is 23.4. The lowest BCUT2D eigenvalue weighted by atomic mass is 9.98. The van der Waals surface area contributed by atoms with Gasteiger partial charge in [-0.25, -0.2) is 0 Å². The second-order valence-corrected chi connectivity index (χ2v) is 8.47. The summed E-state index contributed by atoms with van der Waals surface area (Å²) >= 11 is 6.20. The fraction of sp³-hybridized carbons (Fsp3) is 0.231. The molecule has 7 nitrogen and oxygen atoms in total. The number of carbonyl (C=O) groups is 2. The number of ether oxygens (including phenoxy) is 2. The van der Waals surface area contributed by atoms with Gasteiger partial charge in [0.25, 0.3) is 11.7 Å². The number of likely N-dealkylation sites (tertiary alicyclic amines) is 1. The van der Waals surface area contributed by atoms with Crippen LogP contribution in [0.1, 0.15) is 34.1 Å². The number of carbonyl (C=O) groups excluding carboxylic acids is 2. The number of benzene rings is 2. The van der Waals surface area contributed by atoms with Crippen LogP contribution in [0.25, 0.3) is 5.76 Å². The highest BCUT2D eigenvalue weighted by Gasteiger charge is 2.47. The molecule has 1 N–H and O–H groups in total. The average Bonchev–Trinajstić information content (AvgIpc) is 3.43. The van der Waals surface area contributed by atoms with Crippen molar-refractivity contribution in [2.24, 2.45) is 0 Å². The van der Waals surface area contributed by atoms with Gasteiger partial charge in [-0.1, -0.05) is 35.4 Å². The highest BCUT2D eigenvalue weighted by Crippen LogP contribution is 2.43. The molecule has 1 aliphatic heterocycles. The van der Waals surface area contributed by atoms with Crippen molar-refractivity contribution in [1.82, 2.24) is 4.90 Å². The summed E-state index contributed by atoms with van der Waals surface area (Å²) in [6.07, 6.45) is 1.46. The summed E-state index contributed by atoms with van der Waals surface area (Å²) in [4.78, 5) is 27.9. The number of amides is 1. The smallest absolute Gasteiger partial charge is 0.296 e. The number of methoxy groups -OCH3 is 2. The lowest BCUT2D eigenvalue weighted by Crippen LogP contribution is -2.29. The van der Waals surface area contributed by atoms with Crippen LogP contribution in [0.15, 0.2) is 58.7 Å². The minimum atomic E-state index is -0.929. The maximum Gasteiger partial charge on any atom is 0.296 e. The third-order valence-corrected chi connectivity index (χ3v) is 6.22. The molecule has 1 atom stereocenters. The molecular formula is C26H24ClNO6. The molecule has 1 amide bonds. The molecule has 4 rings (SSSR count). The number of aliphatic hydroxyl groups excluding tert-OH is 1. The van der Waals surface area contributed by atoms with Gasteiger partial charge in [-0.05, 0) is 43.2 Å². The van der Waals surface area contributed by atoms with Crippen molar-refractivity contribution < 1.29 is 28.6 Å². The number of rotatable bonds is 6. The first-order valence-corrected chi connectivity index (χ1v) is 10.9. The van der Waals surface area contributed by atoms with Gasteiger partial charge >= 0.3 is 0 Å². The molecule has 1 saturated heterocycles. The molecule has 0 saturated carbocycles. The summed E-state index contributed by atoms with van der Waals surface area (Å²) < 4.78 is 16.3. The molecule has 1 fully saturated rings. The van der Waals surface area contributed by atoms with Gasteiger partial charge < -0.3 is 23.9 Å². The zero-order valence-corrected chi connectivity index (χ0v) is 20.0. The predicted octanol–water partition coefficient (Wildman–Crippen LogP) is 5.19. The van der Waals surface area contributed by atoms with Crippen LogP contribution < -0.4 is 9.47 Å². The van der Waals surface area contributed by atoms with Gasteiger partial charge in [0.05, 0.1) is 36.6 Å². The highest BCUT2D eigenvalue weighted by molar-refractivity contribution is 6.46. The molecule has 8 heteroatoms. The Balaban J connectivity index is 1.90. The second kappa shape index (κ2) is 9.27. The van der Waals surface area contributed by atoms with Gasteiger partial charge in [-0.2, -0.15) is 0 Å². The van der Waals surface area contributed by atoms with E-state index in [9.17, 15) is 14.7 Å². The Bertz CT molecular complexity index is 1290. The van der Waals surface area contributed by atoms with Crippen LogP contribution in [0.4, 0.5) is 0 Å². The van der Waals surface area contributed by atoms with Crippen LogP contribution in [0.5, 0.6) is 11.5 Å². The SMILES string of the molecule is COc1cc(/C(O)=C2\C(=O)C(=O)N(Cc3cc(C)ccc3C)C2c2ccco2)c(OC)cc1Cl. The number of aliphatic hydroxyl groups is 1. The van der Waals surface area contributed by atoms with Crippen LogP contribution in [0.3, 0.4) is 0 Å². The second-order valence-electron chi connectivity index (χ2n) is 8.06. The molecule has 0 bridgehead atoms. The Hall–Kier alpha value is -3.71. The van der Waals surface area contributed by atoms with Crippen LogP contribution >= 0.6 is 11.6 Å². The van der Waals surface area contributed by atoms with Crippen LogP contribution in [0, 0.1) is 13.8 Å². The largest absolute Gasteiger partial charge is 0.507 e. The molecule has 1 unspecified atom stereocenters. The van der Waals surface area contributed by atoms with Crippen molar-refractivity contribution in [2.45, 2.75) is 26.4 Å². The summed E-state index contributed by atoms with van der Waals surface area (Å²) in [5.74, 6) is -1.10. The van der Waals surface area contributed by atoms with E-state index in [1.807, 2.05) is 32.0 Å². The maximum atomic E-state index is 13.3. The summed E-state index contributed by atoms with van der Waals surface area (Å²) in [6.45, 7) is 4.07.